The second-order valence-electron chi connectivity index (χ2n) is 6.16. The van der Waals surface area contributed by atoms with Gasteiger partial charge in [0.15, 0.2) is 5.96 Å². The second kappa shape index (κ2) is 14.3. The molecule has 2 rings (SSSR count). The Bertz CT molecular complexity index is 673. The smallest absolute Gasteiger partial charge is 0.191 e. The number of furan rings is 1. The molecule has 28 heavy (non-hydrogen) atoms. The molecular weight excluding hydrogens is 467 g/mol. The Hall–Kier alpha value is -1.74. The number of nitrogens with zero attached hydrogens (tertiary/aromatic N) is 2. The highest BCUT2D eigenvalue weighted by atomic mass is 127. The summed E-state index contributed by atoms with van der Waals surface area (Å²) in [7, 11) is 1.77. The van der Waals surface area contributed by atoms with Crippen molar-refractivity contribution >= 4 is 29.9 Å². The van der Waals surface area contributed by atoms with Crippen LogP contribution in [0.1, 0.15) is 25.2 Å². The van der Waals surface area contributed by atoms with Crippen molar-refractivity contribution in [2.24, 2.45) is 4.99 Å². The Labute approximate surface area is 185 Å². The van der Waals surface area contributed by atoms with Gasteiger partial charge in [0.25, 0.3) is 0 Å². The normalized spacial score (nSPS) is 11.2. The first-order chi connectivity index (χ1) is 13.3. The van der Waals surface area contributed by atoms with Crippen LogP contribution in [0, 0.1) is 0 Å². The molecular formula is C21H33IN4O2. The zero-order valence-electron chi connectivity index (χ0n) is 17.1. The fourth-order valence-electron chi connectivity index (χ4n) is 2.77. The maximum absolute atomic E-state index is 6.01. The van der Waals surface area contributed by atoms with Gasteiger partial charge in [0.2, 0.25) is 0 Å². The van der Waals surface area contributed by atoms with Gasteiger partial charge in [-0.2, -0.15) is 0 Å². The molecule has 0 aliphatic rings. The molecule has 156 valence electrons. The number of aliphatic imine (C=N–C) groups is 1. The van der Waals surface area contributed by atoms with E-state index in [0.717, 1.165) is 55.6 Å². The van der Waals surface area contributed by atoms with E-state index < -0.39 is 0 Å². The molecule has 0 aliphatic carbocycles. The number of guanidine groups is 1. The number of nitrogens with one attached hydrogen (secondary N) is 2. The Kier molecular flexibility index (Phi) is 12.4. The predicted octanol–water partition coefficient (Wildman–Crippen LogP) is 3.53. The van der Waals surface area contributed by atoms with Gasteiger partial charge in [0, 0.05) is 38.7 Å². The quantitative estimate of drug-likeness (QED) is 0.281. The minimum atomic E-state index is 0. The lowest BCUT2D eigenvalue weighted by molar-refractivity contribution is 0.221. The number of rotatable bonds is 11. The molecule has 6 nitrogen and oxygen atoms in total. The number of ether oxygens (including phenoxy) is 1. The van der Waals surface area contributed by atoms with Crippen molar-refractivity contribution in [2.75, 3.05) is 39.8 Å². The first-order valence-electron chi connectivity index (χ1n) is 9.66. The molecule has 0 radical (unpaired) electrons. The number of benzene rings is 1. The van der Waals surface area contributed by atoms with Crippen LogP contribution in [0.5, 0.6) is 5.75 Å². The van der Waals surface area contributed by atoms with Crippen LogP contribution in [0.2, 0.25) is 0 Å². The molecule has 1 aromatic carbocycles. The fourth-order valence-corrected chi connectivity index (χ4v) is 2.77. The average molecular weight is 500 g/mol. The molecule has 7 heteroatoms. The van der Waals surface area contributed by atoms with E-state index in [4.69, 9.17) is 9.15 Å². The topological polar surface area (TPSA) is 62.0 Å². The average Bonchev–Trinajstić information content (AvgIpc) is 3.22. The molecule has 0 saturated heterocycles. The van der Waals surface area contributed by atoms with Gasteiger partial charge in [0.05, 0.1) is 6.26 Å². The second-order valence-corrected chi connectivity index (χ2v) is 6.16. The summed E-state index contributed by atoms with van der Waals surface area (Å²) >= 11 is 0. The van der Waals surface area contributed by atoms with Crippen molar-refractivity contribution in [1.82, 2.24) is 15.5 Å². The maximum atomic E-state index is 6.01. The summed E-state index contributed by atoms with van der Waals surface area (Å²) < 4.78 is 11.4. The molecule has 1 aromatic heterocycles. The standard InChI is InChI=1S/C21H32N4O2.HI/c1-4-25(5-2)14-16-27-20-11-7-6-9-18(20)17-24-21(22-3)23-13-12-19-10-8-15-26-19;/h6-11,15H,4-5,12-14,16-17H2,1-3H3,(H2,22,23,24);1H. The lowest BCUT2D eigenvalue weighted by atomic mass is 10.2. The summed E-state index contributed by atoms with van der Waals surface area (Å²) in [5.74, 6) is 2.65. The number of hydrogen-bond donors (Lipinski definition) is 2. The predicted molar refractivity (Wildman–Crippen MR) is 126 cm³/mol. The SMILES string of the molecule is CCN(CC)CCOc1ccccc1CNC(=NC)NCCc1ccco1.I. The molecule has 2 aromatic rings. The minimum Gasteiger partial charge on any atom is -0.492 e. The zero-order valence-corrected chi connectivity index (χ0v) is 19.4. The van der Waals surface area contributed by atoms with Crippen LogP contribution < -0.4 is 15.4 Å². The summed E-state index contributed by atoms with van der Waals surface area (Å²) in [5, 5.41) is 6.65. The first kappa shape index (κ1) is 24.3. The van der Waals surface area contributed by atoms with E-state index in [-0.39, 0.29) is 24.0 Å². The molecule has 0 aliphatic heterocycles. The monoisotopic (exact) mass is 500 g/mol. The number of likely N-dealkylation sites (N-methyl/N-ethyl adjacent to an activating group) is 1. The first-order valence-corrected chi connectivity index (χ1v) is 9.66. The van der Waals surface area contributed by atoms with Gasteiger partial charge in [-0.15, -0.1) is 24.0 Å². The molecule has 0 unspecified atom stereocenters. The van der Waals surface area contributed by atoms with Gasteiger partial charge in [-0.25, -0.2) is 0 Å². The zero-order chi connectivity index (χ0) is 19.3. The molecule has 0 atom stereocenters. The van der Waals surface area contributed by atoms with E-state index in [1.165, 1.54) is 0 Å². The largest absolute Gasteiger partial charge is 0.492 e. The van der Waals surface area contributed by atoms with E-state index >= 15 is 0 Å². The third kappa shape index (κ3) is 8.52. The molecule has 2 N–H and O–H groups in total. The van der Waals surface area contributed by atoms with Crippen molar-refractivity contribution in [3.63, 3.8) is 0 Å². The van der Waals surface area contributed by atoms with Gasteiger partial charge in [0.1, 0.15) is 18.1 Å². The Morgan fingerprint density at radius 1 is 1.11 bits per heavy atom. The van der Waals surface area contributed by atoms with Gasteiger partial charge >= 0.3 is 0 Å². The number of para-hydroxylation sites is 1. The van der Waals surface area contributed by atoms with Crippen LogP contribution in [-0.4, -0.2) is 50.7 Å². The summed E-state index contributed by atoms with van der Waals surface area (Å²) in [6.45, 7) is 9.47. The van der Waals surface area contributed by atoms with E-state index in [2.05, 4.69) is 40.4 Å². The molecule has 1 heterocycles. The highest BCUT2D eigenvalue weighted by Gasteiger charge is 2.06. The van der Waals surface area contributed by atoms with Crippen LogP contribution in [0.4, 0.5) is 0 Å². The summed E-state index contributed by atoms with van der Waals surface area (Å²) in [6, 6.07) is 12.0. The third-order valence-corrected chi connectivity index (χ3v) is 4.45. The molecule has 0 spiro atoms. The van der Waals surface area contributed by atoms with E-state index in [1.54, 1.807) is 13.3 Å². The Balaban J connectivity index is 0.00000392. The number of halogens is 1. The Morgan fingerprint density at radius 2 is 1.89 bits per heavy atom. The summed E-state index contributed by atoms with van der Waals surface area (Å²) in [5.41, 5.74) is 1.12. The van der Waals surface area contributed by atoms with Crippen molar-refractivity contribution < 1.29 is 9.15 Å². The van der Waals surface area contributed by atoms with Crippen molar-refractivity contribution in [1.29, 1.82) is 0 Å². The van der Waals surface area contributed by atoms with Gasteiger partial charge in [-0.3, -0.25) is 4.99 Å². The van der Waals surface area contributed by atoms with E-state index in [0.29, 0.717) is 13.2 Å². The molecule has 0 fully saturated rings. The van der Waals surface area contributed by atoms with Crippen LogP contribution in [0.25, 0.3) is 0 Å². The van der Waals surface area contributed by atoms with Gasteiger partial charge in [-0.1, -0.05) is 32.0 Å². The minimum absolute atomic E-state index is 0. The highest BCUT2D eigenvalue weighted by Crippen LogP contribution is 2.17. The van der Waals surface area contributed by atoms with Gasteiger partial charge < -0.3 is 24.7 Å². The highest BCUT2D eigenvalue weighted by molar-refractivity contribution is 14.0. The lowest BCUT2D eigenvalue weighted by Crippen LogP contribution is -2.37. The number of hydrogen-bond acceptors (Lipinski definition) is 4. The summed E-state index contributed by atoms with van der Waals surface area (Å²) in [6.07, 6.45) is 2.51. The van der Waals surface area contributed by atoms with E-state index in [9.17, 15) is 0 Å². The maximum Gasteiger partial charge on any atom is 0.191 e. The van der Waals surface area contributed by atoms with Gasteiger partial charge in [-0.05, 0) is 31.3 Å². The van der Waals surface area contributed by atoms with Crippen molar-refractivity contribution in [2.45, 2.75) is 26.8 Å². The lowest BCUT2D eigenvalue weighted by Gasteiger charge is -2.19. The molecule has 0 saturated carbocycles. The Morgan fingerprint density at radius 3 is 2.57 bits per heavy atom. The van der Waals surface area contributed by atoms with Crippen LogP contribution in [0.3, 0.4) is 0 Å². The fraction of sp³-hybridized carbons (Fsp3) is 0.476. The molecule has 0 bridgehead atoms. The van der Waals surface area contributed by atoms with Crippen LogP contribution in [0.15, 0.2) is 52.1 Å². The van der Waals surface area contributed by atoms with Crippen LogP contribution in [-0.2, 0) is 13.0 Å². The molecule has 0 amide bonds. The van der Waals surface area contributed by atoms with Crippen molar-refractivity contribution in [3.05, 3.63) is 54.0 Å². The van der Waals surface area contributed by atoms with Crippen LogP contribution >= 0.6 is 24.0 Å². The van der Waals surface area contributed by atoms with E-state index in [1.807, 2.05) is 30.3 Å². The third-order valence-electron chi connectivity index (χ3n) is 4.45. The summed E-state index contributed by atoms with van der Waals surface area (Å²) in [4.78, 5) is 6.63. The van der Waals surface area contributed by atoms with Crippen molar-refractivity contribution in [3.8, 4) is 5.75 Å².